The number of thioether (sulfide) groups is 1. The molecule has 1 aliphatic carbocycles. The highest BCUT2D eigenvalue weighted by Crippen LogP contribution is 2.39. The molecule has 0 bridgehead atoms. The van der Waals surface area contributed by atoms with Crippen molar-refractivity contribution in [1.29, 1.82) is 0 Å². The van der Waals surface area contributed by atoms with Crippen LogP contribution < -0.4 is 14.2 Å². The molecule has 0 atom stereocenters. The molecule has 0 aromatic heterocycles. The van der Waals surface area contributed by atoms with Crippen LogP contribution in [0.4, 0.5) is 0 Å². The maximum atomic E-state index is 12.5. The Balaban J connectivity index is 1.34. The van der Waals surface area contributed by atoms with Crippen LogP contribution in [0.25, 0.3) is 6.08 Å². The first-order valence-electron chi connectivity index (χ1n) is 12.0. The molecule has 0 spiro atoms. The minimum absolute atomic E-state index is 0.0955. The molecule has 1 heterocycles. The molecule has 0 radical (unpaired) electrons. The van der Waals surface area contributed by atoms with Gasteiger partial charge in [0.2, 0.25) is 0 Å². The Morgan fingerprint density at radius 3 is 2.49 bits per heavy atom. The monoisotopic (exact) mass is 531 g/mol. The molecule has 2 fully saturated rings. The van der Waals surface area contributed by atoms with Gasteiger partial charge in [-0.3, -0.25) is 9.69 Å². The van der Waals surface area contributed by atoms with Crippen LogP contribution in [0.3, 0.4) is 0 Å². The van der Waals surface area contributed by atoms with Crippen LogP contribution in [-0.2, 0) is 4.79 Å². The van der Waals surface area contributed by atoms with Crippen LogP contribution in [0.5, 0.6) is 17.2 Å². The van der Waals surface area contributed by atoms with Gasteiger partial charge in [-0.1, -0.05) is 67.0 Å². The van der Waals surface area contributed by atoms with Gasteiger partial charge >= 0.3 is 0 Å². The molecule has 2 aromatic carbocycles. The highest BCUT2D eigenvalue weighted by molar-refractivity contribution is 8.26. The number of likely N-dealkylation sites (N-methyl/N-ethyl adjacent to an activating group) is 1. The first-order chi connectivity index (χ1) is 17.0. The largest absolute Gasteiger partial charge is 0.493 e. The Morgan fingerprint density at radius 1 is 1.11 bits per heavy atom. The molecule has 2 aliphatic rings. The van der Waals surface area contributed by atoms with E-state index in [4.69, 9.17) is 38.0 Å². The normalized spacial score (nSPS) is 17.8. The van der Waals surface area contributed by atoms with Crippen LogP contribution in [0.2, 0.25) is 5.02 Å². The second-order valence-corrected chi connectivity index (χ2v) is 10.6. The first-order valence-corrected chi connectivity index (χ1v) is 13.6. The van der Waals surface area contributed by atoms with Gasteiger partial charge in [-0.25, -0.2) is 0 Å². The number of halogens is 1. The minimum Gasteiger partial charge on any atom is -0.493 e. The fourth-order valence-electron chi connectivity index (χ4n) is 4.46. The number of amides is 1. The number of hydrogen-bond acceptors (Lipinski definition) is 6. The Morgan fingerprint density at radius 2 is 1.83 bits per heavy atom. The number of methoxy groups -OCH3 is 1. The fourth-order valence-corrected chi connectivity index (χ4v) is 6.12. The van der Waals surface area contributed by atoms with Crippen molar-refractivity contribution in [1.82, 2.24) is 4.90 Å². The summed E-state index contributed by atoms with van der Waals surface area (Å²) in [6.45, 7) is 3.14. The van der Waals surface area contributed by atoms with E-state index < -0.39 is 0 Å². The zero-order chi connectivity index (χ0) is 24.8. The third kappa shape index (κ3) is 6.32. The van der Waals surface area contributed by atoms with Gasteiger partial charge in [0.25, 0.3) is 5.91 Å². The van der Waals surface area contributed by atoms with E-state index in [1.807, 2.05) is 19.1 Å². The van der Waals surface area contributed by atoms with Gasteiger partial charge in [0.05, 0.1) is 17.0 Å². The SMILES string of the molecule is CCN1C(=O)/C(=C/c2cc(Cl)c(OCCOc3ccc(C4CCCCC4)cc3)c(OC)c2)SC1=S. The number of ether oxygens (including phenoxy) is 3. The van der Waals surface area contributed by atoms with Crippen molar-refractivity contribution in [2.75, 3.05) is 26.9 Å². The molecule has 186 valence electrons. The van der Waals surface area contributed by atoms with Gasteiger partial charge in [0.1, 0.15) is 23.3 Å². The van der Waals surface area contributed by atoms with Crippen LogP contribution >= 0.6 is 35.6 Å². The molecule has 1 aliphatic heterocycles. The number of carbonyl (C=O) groups excluding carboxylic acids is 1. The summed E-state index contributed by atoms with van der Waals surface area (Å²) < 4.78 is 17.8. The molecular weight excluding hydrogens is 502 g/mol. The van der Waals surface area contributed by atoms with Gasteiger partial charge in [-0.05, 0) is 67.2 Å². The topological polar surface area (TPSA) is 48.0 Å². The minimum atomic E-state index is -0.0955. The number of thiocarbonyl (C=S) groups is 1. The van der Waals surface area contributed by atoms with Crippen LogP contribution in [0, 0.1) is 0 Å². The molecule has 2 aromatic rings. The van der Waals surface area contributed by atoms with Gasteiger partial charge in [0.15, 0.2) is 11.5 Å². The summed E-state index contributed by atoms with van der Waals surface area (Å²) >= 11 is 13.1. The zero-order valence-corrected chi connectivity index (χ0v) is 22.4. The van der Waals surface area contributed by atoms with Gasteiger partial charge in [-0.15, -0.1) is 0 Å². The number of benzene rings is 2. The molecule has 8 heteroatoms. The number of nitrogens with zero attached hydrogens (tertiary/aromatic N) is 1. The van der Waals surface area contributed by atoms with E-state index in [0.717, 1.165) is 11.3 Å². The van der Waals surface area contributed by atoms with Gasteiger partial charge in [0, 0.05) is 6.54 Å². The molecule has 35 heavy (non-hydrogen) atoms. The van der Waals surface area contributed by atoms with Crippen LogP contribution in [0.1, 0.15) is 56.1 Å². The second-order valence-electron chi connectivity index (χ2n) is 8.56. The molecular formula is C27H30ClNO4S2. The number of carbonyl (C=O) groups is 1. The summed E-state index contributed by atoms with van der Waals surface area (Å²) in [5, 5.41) is 0.401. The van der Waals surface area contributed by atoms with Crippen LogP contribution in [-0.4, -0.2) is 42.0 Å². The Labute approximate surface area is 221 Å². The highest BCUT2D eigenvalue weighted by Gasteiger charge is 2.30. The number of rotatable bonds is 9. The van der Waals surface area contributed by atoms with Crippen molar-refractivity contribution in [2.24, 2.45) is 0 Å². The third-order valence-electron chi connectivity index (χ3n) is 6.29. The molecule has 1 saturated heterocycles. The quantitative estimate of drug-likeness (QED) is 0.196. The predicted octanol–water partition coefficient (Wildman–Crippen LogP) is 7.08. The van der Waals surface area contributed by atoms with Gasteiger partial charge in [-0.2, -0.15) is 0 Å². The Kier molecular flexibility index (Phi) is 8.98. The lowest BCUT2D eigenvalue weighted by molar-refractivity contribution is -0.121. The predicted molar refractivity (Wildman–Crippen MR) is 147 cm³/mol. The van der Waals surface area contributed by atoms with Crippen molar-refractivity contribution in [3.8, 4) is 17.2 Å². The first kappa shape index (κ1) is 25.9. The molecule has 0 N–H and O–H groups in total. The van der Waals surface area contributed by atoms with E-state index in [2.05, 4.69) is 12.1 Å². The molecule has 4 rings (SSSR count). The maximum Gasteiger partial charge on any atom is 0.266 e. The fraction of sp³-hybridized carbons (Fsp3) is 0.407. The van der Waals surface area contributed by atoms with E-state index in [1.165, 1.54) is 49.4 Å². The lowest BCUT2D eigenvalue weighted by Gasteiger charge is -2.22. The summed E-state index contributed by atoms with van der Waals surface area (Å²) in [4.78, 5) is 14.6. The van der Waals surface area contributed by atoms with E-state index in [9.17, 15) is 4.79 Å². The summed E-state index contributed by atoms with van der Waals surface area (Å²) in [5.74, 6) is 2.35. The number of hydrogen-bond donors (Lipinski definition) is 0. The third-order valence-corrected chi connectivity index (χ3v) is 7.95. The highest BCUT2D eigenvalue weighted by atomic mass is 35.5. The van der Waals surface area contributed by atoms with Crippen LogP contribution in [0.15, 0.2) is 41.3 Å². The maximum absolute atomic E-state index is 12.5. The lowest BCUT2D eigenvalue weighted by Crippen LogP contribution is -2.27. The van der Waals surface area contributed by atoms with E-state index >= 15 is 0 Å². The zero-order valence-electron chi connectivity index (χ0n) is 20.1. The summed E-state index contributed by atoms with van der Waals surface area (Å²) in [6.07, 6.45) is 8.35. The second kappa shape index (κ2) is 12.2. The summed E-state index contributed by atoms with van der Waals surface area (Å²) in [6, 6.07) is 12.0. The average molecular weight is 532 g/mol. The summed E-state index contributed by atoms with van der Waals surface area (Å²) in [5.41, 5.74) is 2.15. The van der Waals surface area contributed by atoms with Crippen molar-refractivity contribution >= 4 is 51.9 Å². The molecule has 1 amide bonds. The van der Waals surface area contributed by atoms with Gasteiger partial charge < -0.3 is 14.2 Å². The standard InChI is InChI=1S/C27H30ClNO4S2/c1-3-29-26(30)24(35-27(29)34)17-18-15-22(28)25(23(16-18)31-2)33-14-13-32-21-11-9-20(10-12-21)19-7-5-4-6-8-19/h9-12,15-17,19H,3-8,13-14H2,1-2H3/b24-17-. The Hall–Kier alpha value is -2.22. The summed E-state index contributed by atoms with van der Waals surface area (Å²) in [7, 11) is 1.56. The molecule has 1 saturated carbocycles. The van der Waals surface area contributed by atoms with Crippen molar-refractivity contribution in [2.45, 2.75) is 44.9 Å². The smallest absolute Gasteiger partial charge is 0.266 e. The van der Waals surface area contributed by atoms with Crippen molar-refractivity contribution in [3.63, 3.8) is 0 Å². The Bertz CT molecular complexity index is 1100. The molecule has 5 nitrogen and oxygen atoms in total. The van der Waals surface area contributed by atoms with E-state index in [-0.39, 0.29) is 5.91 Å². The molecule has 0 unspecified atom stereocenters. The average Bonchev–Trinajstić information content (AvgIpc) is 3.15. The lowest BCUT2D eigenvalue weighted by atomic mass is 9.84. The van der Waals surface area contributed by atoms with Crippen molar-refractivity contribution < 1.29 is 19.0 Å². The van der Waals surface area contributed by atoms with E-state index in [0.29, 0.717) is 51.4 Å². The van der Waals surface area contributed by atoms with Crippen molar-refractivity contribution in [3.05, 3.63) is 57.5 Å². The van der Waals surface area contributed by atoms with E-state index in [1.54, 1.807) is 30.2 Å².